The third-order valence-electron chi connectivity index (χ3n) is 2.66. The Bertz CT molecular complexity index is 603. The molecule has 19 heavy (non-hydrogen) atoms. The van der Waals surface area contributed by atoms with Gasteiger partial charge in [-0.15, -0.1) is 0 Å². The zero-order valence-corrected chi connectivity index (χ0v) is 10.9. The highest BCUT2D eigenvalue weighted by molar-refractivity contribution is 6.30. The predicted molar refractivity (Wildman–Crippen MR) is 72.9 cm³/mol. The van der Waals surface area contributed by atoms with Crippen LogP contribution in [0.5, 0.6) is 5.75 Å². The van der Waals surface area contributed by atoms with Gasteiger partial charge in [-0.05, 0) is 23.3 Å². The molecule has 0 radical (unpaired) electrons. The first kappa shape index (κ1) is 13.4. The maximum Gasteiger partial charge on any atom is 0.139 e. The Morgan fingerprint density at radius 3 is 2.42 bits per heavy atom. The van der Waals surface area contributed by atoms with Crippen molar-refractivity contribution in [1.82, 2.24) is 0 Å². The fourth-order valence-electron chi connectivity index (χ4n) is 1.61. The first-order valence-electron chi connectivity index (χ1n) is 5.74. The third kappa shape index (κ3) is 3.47. The summed E-state index contributed by atoms with van der Waals surface area (Å²) in [4.78, 5) is 0. The van der Waals surface area contributed by atoms with Gasteiger partial charge in [0.05, 0.1) is 12.2 Å². The van der Waals surface area contributed by atoms with Crippen molar-refractivity contribution < 1.29 is 9.84 Å². The first-order chi connectivity index (χ1) is 9.22. The van der Waals surface area contributed by atoms with E-state index in [4.69, 9.17) is 26.7 Å². The number of rotatable bonds is 4. The molecule has 0 heterocycles. The summed E-state index contributed by atoms with van der Waals surface area (Å²) in [6.45, 7) is 0.370. The zero-order chi connectivity index (χ0) is 13.7. The molecular weight excluding hydrogens is 262 g/mol. The fraction of sp³-hybridized carbons (Fsp3) is 0.133. The second-order valence-corrected chi connectivity index (χ2v) is 4.45. The summed E-state index contributed by atoms with van der Waals surface area (Å²) in [5.41, 5.74) is 2.27. The van der Waals surface area contributed by atoms with Gasteiger partial charge in [0.15, 0.2) is 0 Å². The molecule has 0 fully saturated rings. The largest absolute Gasteiger partial charge is 0.487 e. The van der Waals surface area contributed by atoms with Crippen LogP contribution < -0.4 is 4.74 Å². The molecule has 1 N–H and O–H groups in total. The third-order valence-corrected chi connectivity index (χ3v) is 2.90. The Hall–Kier alpha value is -2.02. The monoisotopic (exact) mass is 273 g/mol. The molecule has 0 amide bonds. The molecule has 0 aliphatic rings. The summed E-state index contributed by atoms with van der Waals surface area (Å²) >= 11 is 5.88. The smallest absolute Gasteiger partial charge is 0.139 e. The van der Waals surface area contributed by atoms with Crippen molar-refractivity contribution in [2.75, 3.05) is 0 Å². The van der Waals surface area contributed by atoms with Crippen molar-refractivity contribution in [3.05, 3.63) is 64.2 Å². The summed E-state index contributed by atoms with van der Waals surface area (Å²) in [5.74, 6) is 0.473. The Morgan fingerprint density at radius 1 is 1.11 bits per heavy atom. The van der Waals surface area contributed by atoms with Crippen molar-refractivity contribution >= 4 is 11.6 Å². The molecule has 2 aromatic carbocycles. The minimum absolute atomic E-state index is 0.0218. The van der Waals surface area contributed by atoms with Gasteiger partial charge >= 0.3 is 0 Å². The molecule has 0 saturated carbocycles. The summed E-state index contributed by atoms with van der Waals surface area (Å²) in [7, 11) is 0. The number of hydrogen-bond donors (Lipinski definition) is 1. The van der Waals surface area contributed by atoms with E-state index < -0.39 is 0 Å². The lowest BCUT2D eigenvalue weighted by atomic mass is 10.1. The highest BCUT2D eigenvalue weighted by Gasteiger charge is 2.04. The Labute approximate surface area is 116 Å². The lowest BCUT2D eigenvalue weighted by Crippen LogP contribution is -1.97. The van der Waals surface area contributed by atoms with Crippen LogP contribution in [0.3, 0.4) is 0 Å². The molecule has 0 aliphatic carbocycles. The maximum absolute atomic E-state index is 8.97. The first-order valence-corrected chi connectivity index (χ1v) is 6.12. The number of nitrogens with zero attached hydrogens (tertiary/aromatic N) is 1. The number of aliphatic hydroxyl groups is 1. The molecule has 0 atom stereocenters. The topological polar surface area (TPSA) is 53.2 Å². The van der Waals surface area contributed by atoms with Crippen molar-refractivity contribution in [3.8, 4) is 11.8 Å². The van der Waals surface area contributed by atoms with Gasteiger partial charge in [-0.2, -0.15) is 5.26 Å². The van der Waals surface area contributed by atoms with Crippen molar-refractivity contribution in [2.24, 2.45) is 0 Å². The summed E-state index contributed by atoms with van der Waals surface area (Å²) in [5, 5.41) is 18.5. The number of ether oxygens (including phenoxy) is 1. The van der Waals surface area contributed by atoms with Crippen LogP contribution in [-0.4, -0.2) is 5.11 Å². The van der Waals surface area contributed by atoms with Crippen LogP contribution in [0.2, 0.25) is 5.02 Å². The molecule has 2 rings (SSSR count). The van der Waals surface area contributed by atoms with E-state index in [9.17, 15) is 0 Å². The average Bonchev–Trinajstić information content (AvgIpc) is 2.46. The van der Waals surface area contributed by atoms with Gasteiger partial charge in [0, 0.05) is 11.1 Å². The maximum atomic E-state index is 8.97. The second-order valence-electron chi connectivity index (χ2n) is 4.02. The van der Waals surface area contributed by atoms with Crippen molar-refractivity contribution in [3.63, 3.8) is 0 Å². The molecule has 0 aromatic heterocycles. The van der Waals surface area contributed by atoms with E-state index in [1.54, 1.807) is 18.2 Å². The van der Waals surface area contributed by atoms with Gasteiger partial charge in [-0.1, -0.05) is 35.9 Å². The van der Waals surface area contributed by atoms with E-state index in [1.807, 2.05) is 24.3 Å². The van der Waals surface area contributed by atoms with Crippen LogP contribution in [0.15, 0.2) is 42.5 Å². The van der Waals surface area contributed by atoms with Crippen molar-refractivity contribution in [1.29, 1.82) is 5.26 Å². The Kier molecular flexibility index (Phi) is 4.40. The van der Waals surface area contributed by atoms with Crippen LogP contribution in [0.1, 0.15) is 16.7 Å². The molecular formula is C15H12ClNO2. The molecule has 0 unspecified atom stereocenters. The van der Waals surface area contributed by atoms with Crippen molar-refractivity contribution in [2.45, 2.75) is 13.2 Å². The average molecular weight is 274 g/mol. The van der Waals surface area contributed by atoms with Gasteiger partial charge in [0.25, 0.3) is 0 Å². The fourth-order valence-corrected chi connectivity index (χ4v) is 1.77. The van der Waals surface area contributed by atoms with Crippen LogP contribution in [0.25, 0.3) is 0 Å². The number of benzene rings is 2. The molecule has 0 bridgehead atoms. The number of aliphatic hydroxyl groups excluding tert-OH is 1. The van der Waals surface area contributed by atoms with Crippen LogP contribution in [0, 0.1) is 11.3 Å². The molecule has 4 heteroatoms. The van der Waals surface area contributed by atoms with E-state index in [0.29, 0.717) is 22.9 Å². The van der Waals surface area contributed by atoms with Gasteiger partial charge < -0.3 is 9.84 Å². The molecule has 0 spiro atoms. The standard InChI is InChI=1S/C15H12ClNO2/c16-14-6-5-13(8-17)15(7-14)19-10-12-3-1-11(9-18)2-4-12/h1-7,18H,9-10H2. The van der Waals surface area contributed by atoms with Crippen LogP contribution in [0.4, 0.5) is 0 Å². The van der Waals surface area contributed by atoms with E-state index in [0.717, 1.165) is 11.1 Å². The summed E-state index contributed by atoms with van der Waals surface area (Å²) in [6, 6.07) is 14.4. The van der Waals surface area contributed by atoms with Gasteiger partial charge in [-0.25, -0.2) is 0 Å². The van der Waals surface area contributed by atoms with Gasteiger partial charge in [0.2, 0.25) is 0 Å². The molecule has 96 valence electrons. The zero-order valence-electron chi connectivity index (χ0n) is 10.1. The summed E-state index contributed by atoms with van der Waals surface area (Å²) < 4.78 is 5.60. The van der Waals surface area contributed by atoms with E-state index in [-0.39, 0.29) is 6.61 Å². The highest BCUT2D eigenvalue weighted by Crippen LogP contribution is 2.23. The normalized spacial score (nSPS) is 9.95. The number of nitriles is 1. The predicted octanol–water partition coefficient (Wildman–Crippen LogP) is 3.28. The molecule has 0 saturated heterocycles. The van der Waals surface area contributed by atoms with Crippen LogP contribution >= 0.6 is 11.6 Å². The lowest BCUT2D eigenvalue weighted by Gasteiger charge is -2.08. The number of hydrogen-bond acceptors (Lipinski definition) is 3. The minimum Gasteiger partial charge on any atom is -0.487 e. The van der Waals surface area contributed by atoms with E-state index in [2.05, 4.69) is 6.07 Å². The highest BCUT2D eigenvalue weighted by atomic mass is 35.5. The van der Waals surface area contributed by atoms with Gasteiger partial charge in [0.1, 0.15) is 18.4 Å². The summed E-state index contributed by atoms with van der Waals surface area (Å²) in [6.07, 6.45) is 0. The second kappa shape index (κ2) is 6.24. The Morgan fingerprint density at radius 2 is 1.79 bits per heavy atom. The minimum atomic E-state index is 0.0218. The van der Waals surface area contributed by atoms with E-state index in [1.165, 1.54) is 0 Å². The van der Waals surface area contributed by atoms with Gasteiger partial charge in [-0.3, -0.25) is 0 Å². The molecule has 0 aliphatic heterocycles. The SMILES string of the molecule is N#Cc1ccc(Cl)cc1OCc1ccc(CO)cc1. The quantitative estimate of drug-likeness (QED) is 0.930. The Balaban J connectivity index is 2.09. The van der Waals surface area contributed by atoms with Crippen LogP contribution in [-0.2, 0) is 13.2 Å². The number of halogens is 1. The van der Waals surface area contributed by atoms with E-state index >= 15 is 0 Å². The molecule has 3 nitrogen and oxygen atoms in total. The molecule has 2 aromatic rings. The lowest BCUT2D eigenvalue weighted by molar-refractivity contribution is 0.281.